The van der Waals surface area contributed by atoms with Crippen LogP contribution in [0.2, 0.25) is 0 Å². The molecule has 96 valence electrons. The molecule has 0 amide bonds. The van der Waals surface area contributed by atoms with E-state index in [0.29, 0.717) is 23.7 Å². The first-order valence-electron chi connectivity index (χ1n) is 5.19. The van der Waals surface area contributed by atoms with E-state index in [4.69, 9.17) is 16.3 Å². The van der Waals surface area contributed by atoms with Crippen LogP contribution in [0.3, 0.4) is 0 Å². The molecule has 0 radical (unpaired) electrons. The van der Waals surface area contributed by atoms with Crippen molar-refractivity contribution in [3.8, 4) is 5.75 Å². The normalized spacial score (nSPS) is 11.2. The van der Waals surface area contributed by atoms with E-state index in [1.54, 1.807) is 12.1 Å². The molecule has 0 aliphatic rings. The minimum atomic E-state index is -3.36. The molecule has 0 bridgehead atoms. The number of ether oxygens (including phenoxy) is 1. The number of alkyl halides is 1. The van der Waals surface area contributed by atoms with Gasteiger partial charge in [-0.05, 0) is 31.0 Å². The Bertz CT molecular complexity index is 474. The van der Waals surface area contributed by atoms with Crippen LogP contribution in [0.1, 0.15) is 12.0 Å². The van der Waals surface area contributed by atoms with Crippen molar-refractivity contribution in [2.45, 2.75) is 13.3 Å². The molecular formula is C11H16ClNO3S. The molecule has 0 aliphatic carbocycles. The van der Waals surface area contributed by atoms with E-state index in [1.165, 1.54) is 7.11 Å². The molecule has 0 fully saturated rings. The van der Waals surface area contributed by atoms with Crippen LogP contribution in [0.5, 0.6) is 5.75 Å². The summed E-state index contributed by atoms with van der Waals surface area (Å²) < 4.78 is 31.0. The van der Waals surface area contributed by atoms with Crippen molar-refractivity contribution in [2.75, 3.05) is 23.5 Å². The summed E-state index contributed by atoms with van der Waals surface area (Å²) in [5.74, 6) is 0.837. The second-order valence-corrected chi connectivity index (χ2v) is 5.89. The van der Waals surface area contributed by atoms with Crippen molar-refractivity contribution in [2.24, 2.45) is 0 Å². The molecule has 0 spiro atoms. The van der Waals surface area contributed by atoms with Gasteiger partial charge in [-0.15, -0.1) is 11.6 Å². The Morgan fingerprint density at radius 1 is 1.41 bits per heavy atom. The van der Waals surface area contributed by atoms with Gasteiger partial charge in [0.2, 0.25) is 10.0 Å². The van der Waals surface area contributed by atoms with E-state index in [0.717, 1.165) is 5.56 Å². The van der Waals surface area contributed by atoms with Crippen molar-refractivity contribution in [3.05, 3.63) is 23.8 Å². The van der Waals surface area contributed by atoms with Crippen LogP contribution in [0, 0.1) is 6.92 Å². The molecule has 6 heteroatoms. The zero-order valence-electron chi connectivity index (χ0n) is 9.86. The fourth-order valence-electron chi connectivity index (χ4n) is 1.36. The topological polar surface area (TPSA) is 55.4 Å². The molecule has 1 aromatic rings. The standard InChI is InChI=1S/C11H16ClNO3S/c1-9-4-5-11(16-2)10(8-9)13-17(14,15)7-3-6-12/h4-5,8,13H,3,6-7H2,1-2H3. The molecule has 1 aromatic carbocycles. The van der Waals surface area contributed by atoms with Crippen LogP contribution < -0.4 is 9.46 Å². The van der Waals surface area contributed by atoms with E-state index < -0.39 is 10.0 Å². The predicted molar refractivity (Wildman–Crippen MR) is 70.5 cm³/mol. The Labute approximate surface area is 107 Å². The van der Waals surface area contributed by atoms with E-state index in [9.17, 15) is 8.42 Å². The fraction of sp³-hybridized carbons (Fsp3) is 0.455. The average molecular weight is 278 g/mol. The number of aryl methyl sites for hydroxylation is 1. The van der Waals surface area contributed by atoms with Crippen LogP contribution in [0.25, 0.3) is 0 Å². The summed E-state index contributed by atoms with van der Waals surface area (Å²) in [7, 11) is -1.86. The number of nitrogens with one attached hydrogen (secondary N) is 1. The first kappa shape index (κ1) is 14.1. The van der Waals surface area contributed by atoms with Crippen LogP contribution in [0.4, 0.5) is 5.69 Å². The van der Waals surface area contributed by atoms with Gasteiger partial charge in [0.05, 0.1) is 18.6 Å². The van der Waals surface area contributed by atoms with Crippen molar-refractivity contribution < 1.29 is 13.2 Å². The lowest BCUT2D eigenvalue weighted by atomic mass is 10.2. The smallest absolute Gasteiger partial charge is 0.232 e. The molecular weight excluding hydrogens is 262 g/mol. The zero-order valence-corrected chi connectivity index (χ0v) is 11.4. The summed E-state index contributed by atoms with van der Waals surface area (Å²) in [6.45, 7) is 1.88. The number of sulfonamides is 1. The Morgan fingerprint density at radius 2 is 2.12 bits per heavy atom. The van der Waals surface area contributed by atoms with Crippen LogP contribution in [-0.2, 0) is 10.0 Å². The summed E-state index contributed by atoms with van der Waals surface area (Å²) in [6.07, 6.45) is 0.422. The van der Waals surface area contributed by atoms with Gasteiger partial charge < -0.3 is 4.74 Å². The SMILES string of the molecule is COc1ccc(C)cc1NS(=O)(=O)CCCCl. The number of rotatable bonds is 6. The molecule has 0 aromatic heterocycles. The van der Waals surface area contributed by atoms with E-state index in [1.807, 2.05) is 13.0 Å². The molecule has 4 nitrogen and oxygen atoms in total. The summed E-state index contributed by atoms with van der Waals surface area (Å²) in [6, 6.07) is 5.32. The zero-order chi connectivity index (χ0) is 12.9. The summed E-state index contributed by atoms with van der Waals surface area (Å²) in [4.78, 5) is 0. The molecule has 0 saturated carbocycles. The Hall–Kier alpha value is -0.940. The number of halogens is 1. The molecule has 0 aliphatic heterocycles. The molecule has 0 heterocycles. The van der Waals surface area contributed by atoms with E-state index >= 15 is 0 Å². The maximum absolute atomic E-state index is 11.7. The van der Waals surface area contributed by atoms with Crippen LogP contribution in [0.15, 0.2) is 18.2 Å². The first-order chi connectivity index (χ1) is 7.98. The van der Waals surface area contributed by atoms with Crippen LogP contribution in [-0.4, -0.2) is 27.2 Å². The number of anilines is 1. The first-order valence-corrected chi connectivity index (χ1v) is 7.38. The highest BCUT2D eigenvalue weighted by Crippen LogP contribution is 2.26. The minimum Gasteiger partial charge on any atom is -0.495 e. The Kier molecular flexibility index (Phi) is 5.08. The predicted octanol–water partition coefficient (Wildman–Crippen LogP) is 2.37. The summed E-state index contributed by atoms with van der Waals surface area (Å²) in [5, 5.41) is 0. The van der Waals surface area contributed by atoms with Gasteiger partial charge in [-0.1, -0.05) is 6.07 Å². The summed E-state index contributed by atoms with van der Waals surface area (Å²) >= 11 is 5.48. The Balaban J connectivity index is 2.90. The average Bonchev–Trinajstić information content (AvgIpc) is 2.26. The van der Waals surface area contributed by atoms with Gasteiger partial charge in [0.15, 0.2) is 0 Å². The maximum Gasteiger partial charge on any atom is 0.232 e. The van der Waals surface area contributed by atoms with Crippen molar-refractivity contribution in [3.63, 3.8) is 0 Å². The third-order valence-corrected chi connectivity index (χ3v) is 3.79. The highest BCUT2D eigenvalue weighted by Gasteiger charge is 2.13. The number of methoxy groups -OCH3 is 1. The number of hydrogen-bond acceptors (Lipinski definition) is 3. The number of hydrogen-bond donors (Lipinski definition) is 1. The lowest BCUT2D eigenvalue weighted by Gasteiger charge is -2.12. The molecule has 0 unspecified atom stereocenters. The molecule has 1 rings (SSSR count). The molecule has 17 heavy (non-hydrogen) atoms. The highest BCUT2D eigenvalue weighted by molar-refractivity contribution is 7.92. The van der Waals surface area contributed by atoms with Gasteiger partial charge in [0, 0.05) is 5.88 Å². The van der Waals surface area contributed by atoms with E-state index in [-0.39, 0.29) is 5.75 Å². The quantitative estimate of drug-likeness (QED) is 0.812. The molecule has 1 N–H and O–H groups in total. The van der Waals surface area contributed by atoms with Gasteiger partial charge >= 0.3 is 0 Å². The lowest BCUT2D eigenvalue weighted by Crippen LogP contribution is -2.17. The minimum absolute atomic E-state index is 0.00754. The third-order valence-electron chi connectivity index (χ3n) is 2.17. The number of benzene rings is 1. The largest absolute Gasteiger partial charge is 0.495 e. The lowest BCUT2D eigenvalue weighted by molar-refractivity contribution is 0.417. The highest BCUT2D eigenvalue weighted by atomic mass is 35.5. The van der Waals surface area contributed by atoms with Crippen molar-refractivity contribution in [1.29, 1.82) is 0 Å². The second kappa shape index (κ2) is 6.12. The fourth-order valence-corrected chi connectivity index (χ4v) is 2.78. The van der Waals surface area contributed by atoms with Gasteiger partial charge in [0.25, 0.3) is 0 Å². The Morgan fingerprint density at radius 3 is 2.71 bits per heavy atom. The van der Waals surface area contributed by atoms with Gasteiger partial charge in [-0.2, -0.15) is 0 Å². The van der Waals surface area contributed by atoms with Gasteiger partial charge in [-0.3, -0.25) is 4.72 Å². The third kappa shape index (κ3) is 4.44. The van der Waals surface area contributed by atoms with Crippen molar-refractivity contribution in [1.82, 2.24) is 0 Å². The van der Waals surface area contributed by atoms with Crippen molar-refractivity contribution >= 4 is 27.3 Å². The van der Waals surface area contributed by atoms with Gasteiger partial charge in [0.1, 0.15) is 5.75 Å². The molecule has 0 saturated heterocycles. The van der Waals surface area contributed by atoms with Gasteiger partial charge in [-0.25, -0.2) is 8.42 Å². The summed E-state index contributed by atoms with van der Waals surface area (Å²) in [5.41, 5.74) is 1.42. The maximum atomic E-state index is 11.7. The second-order valence-electron chi connectivity index (χ2n) is 3.67. The van der Waals surface area contributed by atoms with Crippen LogP contribution >= 0.6 is 11.6 Å². The van der Waals surface area contributed by atoms with E-state index in [2.05, 4.69) is 4.72 Å². The molecule has 0 atom stereocenters. The monoisotopic (exact) mass is 277 g/mol.